The Morgan fingerprint density at radius 3 is 2.42 bits per heavy atom. The summed E-state index contributed by atoms with van der Waals surface area (Å²) in [6.45, 7) is 0. The quantitative estimate of drug-likeness (QED) is 0.786. The van der Waals surface area contributed by atoms with Crippen molar-refractivity contribution in [3.05, 3.63) is 68.1 Å². The Morgan fingerprint density at radius 1 is 1.11 bits per heavy atom. The molecule has 1 nitrogen and oxygen atoms in total. The smallest absolute Gasteiger partial charge is 0.0454 e. The van der Waals surface area contributed by atoms with Crippen molar-refractivity contribution in [1.29, 1.82) is 0 Å². The monoisotopic (exact) mass is 357 g/mol. The summed E-state index contributed by atoms with van der Waals surface area (Å²) in [6.07, 6.45) is 0.865. The maximum atomic E-state index is 6.26. The highest BCUT2D eigenvalue weighted by atomic mass is 79.9. The Kier molecular flexibility index (Phi) is 5.28. The Bertz CT molecular complexity index is 555. The first-order chi connectivity index (χ1) is 9.10. The minimum absolute atomic E-state index is 0.146. The van der Waals surface area contributed by atoms with E-state index >= 15 is 0 Å². The molecule has 0 spiro atoms. The molecule has 0 bridgehead atoms. The molecule has 0 aliphatic rings. The van der Waals surface area contributed by atoms with Gasteiger partial charge in [0.2, 0.25) is 0 Å². The van der Waals surface area contributed by atoms with E-state index in [2.05, 4.69) is 33.4 Å². The molecule has 1 atom stereocenters. The Hall–Kier alpha value is -0.540. The lowest BCUT2D eigenvalue weighted by atomic mass is 9.99. The van der Waals surface area contributed by atoms with Crippen molar-refractivity contribution in [2.24, 2.45) is 0 Å². The molecule has 0 fully saturated rings. The van der Waals surface area contributed by atoms with Crippen LogP contribution in [0.3, 0.4) is 0 Å². The molecule has 2 aromatic rings. The van der Waals surface area contributed by atoms with E-state index in [4.69, 9.17) is 23.2 Å². The van der Waals surface area contributed by atoms with E-state index in [0.29, 0.717) is 5.02 Å². The van der Waals surface area contributed by atoms with Gasteiger partial charge in [0.1, 0.15) is 0 Å². The average Bonchev–Trinajstić information content (AvgIpc) is 2.41. The molecule has 0 aromatic heterocycles. The highest BCUT2D eigenvalue weighted by molar-refractivity contribution is 9.10. The fourth-order valence-electron chi connectivity index (χ4n) is 2.01. The van der Waals surface area contributed by atoms with E-state index in [1.807, 2.05) is 31.3 Å². The predicted molar refractivity (Wildman–Crippen MR) is 86.1 cm³/mol. The van der Waals surface area contributed by atoms with Crippen molar-refractivity contribution in [3.8, 4) is 0 Å². The normalized spacial score (nSPS) is 12.4. The maximum Gasteiger partial charge on any atom is 0.0454 e. The summed E-state index contributed by atoms with van der Waals surface area (Å²) >= 11 is 15.7. The van der Waals surface area contributed by atoms with Gasteiger partial charge in [0.15, 0.2) is 0 Å². The van der Waals surface area contributed by atoms with Crippen molar-refractivity contribution in [2.75, 3.05) is 7.05 Å². The molecular weight excluding hydrogens is 345 g/mol. The van der Waals surface area contributed by atoms with Gasteiger partial charge in [0.05, 0.1) is 0 Å². The molecule has 4 heteroatoms. The van der Waals surface area contributed by atoms with E-state index in [-0.39, 0.29) is 6.04 Å². The van der Waals surface area contributed by atoms with Gasteiger partial charge in [-0.3, -0.25) is 0 Å². The van der Waals surface area contributed by atoms with E-state index in [9.17, 15) is 0 Å². The summed E-state index contributed by atoms with van der Waals surface area (Å²) in [4.78, 5) is 0. The van der Waals surface area contributed by atoms with Crippen LogP contribution in [0, 0.1) is 0 Å². The molecule has 0 aliphatic carbocycles. The number of hydrogen-bond donors (Lipinski definition) is 1. The van der Waals surface area contributed by atoms with E-state index in [0.717, 1.165) is 21.5 Å². The van der Waals surface area contributed by atoms with Crippen LogP contribution in [0.15, 0.2) is 46.9 Å². The van der Waals surface area contributed by atoms with Crippen molar-refractivity contribution < 1.29 is 0 Å². The van der Waals surface area contributed by atoms with Gasteiger partial charge >= 0.3 is 0 Å². The second-order valence-electron chi connectivity index (χ2n) is 4.34. The third kappa shape index (κ3) is 3.96. The van der Waals surface area contributed by atoms with Gasteiger partial charge in [0.25, 0.3) is 0 Å². The van der Waals surface area contributed by atoms with Crippen LogP contribution in [0.1, 0.15) is 17.2 Å². The van der Waals surface area contributed by atoms with Gasteiger partial charge < -0.3 is 5.32 Å². The minimum Gasteiger partial charge on any atom is -0.313 e. The first-order valence-corrected chi connectivity index (χ1v) is 7.51. The Labute approximate surface area is 132 Å². The zero-order valence-electron chi connectivity index (χ0n) is 10.5. The molecule has 100 valence electrons. The first-order valence-electron chi connectivity index (χ1n) is 5.97. The van der Waals surface area contributed by atoms with Crippen molar-refractivity contribution in [1.82, 2.24) is 5.32 Å². The zero-order chi connectivity index (χ0) is 13.8. The van der Waals surface area contributed by atoms with Gasteiger partial charge in [-0.2, -0.15) is 0 Å². The van der Waals surface area contributed by atoms with Crippen LogP contribution >= 0.6 is 39.1 Å². The second kappa shape index (κ2) is 6.76. The largest absolute Gasteiger partial charge is 0.313 e. The topological polar surface area (TPSA) is 12.0 Å². The van der Waals surface area contributed by atoms with Crippen LogP contribution in [0.2, 0.25) is 10.0 Å². The Balaban J connectivity index is 2.24. The Morgan fingerprint density at radius 2 is 1.79 bits per heavy atom. The molecule has 0 aliphatic heterocycles. The number of nitrogens with one attached hydrogen (secondary N) is 1. The molecule has 0 radical (unpaired) electrons. The molecule has 2 aromatic carbocycles. The van der Waals surface area contributed by atoms with Gasteiger partial charge in [-0.15, -0.1) is 0 Å². The zero-order valence-corrected chi connectivity index (χ0v) is 13.6. The maximum absolute atomic E-state index is 6.26. The van der Waals surface area contributed by atoms with Crippen LogP contribution in [0.5, 0.6) is 0 Å². The molecule has 19 heavy (non-hydrogen) atoms. The van der Waals surface area contributed by atoms with Crippen LogP contribution < -0.4 is 5.32 Å². The number of hydrogen-bond acceptors (Lipinski definition) is 1. The highest BCUT2D eigenvalue weighted by Crippen LogP contribution is 2.28. The van der Waals surface area contributed by atoms with E-state index in [1.165, 1.54) is 5.56 Å². The summed E-state index contributed by atoms with van der Waals surface area (Å²) in [6, 6.07) is 14.0. The number of rotatable bonds is 4. The molecule has 1 N–H and O–H groups in total. The number of benzene rings is 2. The average molecular weight is 359 g/mol. The van der Waals surface area contributed by atoms with E-state index < -0.39 is 0 Å². The van der Waals surface area contributed by atoms with E-state index in [1.54, 1.807) is 6.07 Å². The molecule has 0 amide bonds. The summed E-state index contributed by atoms with van der Waals surface area (Å²) in [5.41, 5.74) is 2.28. The van der Waals surface area contributed by atoms with Gasteiger partial charge in [0, 0.05) is 20.6 Å². The molecule has 2 rings (SSSR count). The van der Waals surface area contributed by atoms with Crippen molar-refractivity contribution in [2.45, 2.75) is 12.5 Å². The van der Waals surface area contributed by atoms with Crippen molar-refractivity contribution in [3.63, 3.8) is 0 Å². The van der Waals surface area contributed by atoms with Gasteiger partial charge in [-0.1, -0.05) is 51.3 Å². The minimum atomic E-state index is 0.146. The van der Waals surface area contributed by atoms with Crippen LogP contribution in [-0.2, 0) is 6.42 Å². The lowest BCUT2D eigenvalue weighted by Gasteiger charge is -2.18. The van der Waals surface area contributed by atoms with Crippen LogP contribution in [0.4, 0.5) is 0 Å². The summed E-state index contributed by atoms with van der Waals surface area (Å²) in [5, 5.41) is 4.74. The lowest BCUT2D eigenvalue weighted by Crippen LogP contribution is -2.19. The predicted octanol–water partition coefficient (Wildman–Crippen LogP) is 5.26. The molecular formula is C15H14BrCl2N. The third-order valence-electron chi connectivity index (χ3n) is 3.04. The molecule has 0 heterocycles. The van der Waals surface area contributed by atoms with Gasteiger partial charge in [-0.25, -0.2) is 0 Å². The van der Waals surface area contributed by atoms with Crippen molar-refractivity contribution >= 4 is 39.1 Å². The standard InChI is InChI=1S/C15H14BrCl2N/c1-19-15(8-10-2-4-11(16)5-3-10)13-9-12(17)6-7-14(13)18/h2-7,9,15,19H,8H2,1H3. The summed E-state index contributed by atoms with van der Waals surface area (Å²) in [5.74, 6) is 0. The lowest BCUT2D eigenvalue weighted by molar-refractivity contribution is 0.592. The number of likely N-dealkylation sites (N-methyl/N-ethyl adjacent to an activating group) is 1. The molecule has 0 saturated carbocycles. The molecule has 0 saturated heterocycles. The summed E-state index contributed by atoms with van der Waals surface area (Å²) < 4.78 is 1.08. The third-order valence-corrected chi connectivity index (χ3v) is 4.14. The molecule has 1 unspecified atom stereocenters. The summed E-state index contributed by atoms with van der Waals surface area (Å²) in [7, 11) is 1.93. The van der Waals surface area contributed by atoms with Crippen LogP contribution in [-0.4, -0.2) is 7.05 Å². The number of halogens is 3. The fourth-order valence-corrected chi connectivity index (χ4v) is 2.70. The highest BCUT2D eigenvalue weighted by Gasteiger charge is 2.14. The van der Waals surface area contributed by atoms with Crippen LogP contribution in [0.25, 0.3) is 0 Å². The first kappa shape index (κ1) is 14.9. The second-order valence-corrected chi connectivity index (χ2v) is 6.10. The SMILES string of the molecule is CNC(Cc1ccc(Br)cc1)c1cc(Cl)ccc1Cl. The van der Waals surface area contributed by atoms with Gasteiger partial charge in [-0.05, 0) is 54.9 Å². The fraction of sp³-hybridized carbons (Fsp3) is 0.200.